The maximum absolute atomic E-state index is 12.4. The molecule has 0 fully saturated rings. The average Bonchev–Trinajstić information content (AvgIpc) is 3.16. The average molecular weight is 370 g/mol. The first-order valence-corrected chi connectivity index (χ1v) is 9.88. The van der Waals surface area contributed by atoms with Crippen LogP contribution in [-0.4, -0.2) is 30.7 Å². The van der Waals surface area contributed by atoms with Gasteiger partial charge in [-0.2, -0.15) is 5.10 Å². The number of thiazole rings is 1. The molecule has 0 saturated heterocycles. The molecule has 0 unspecified atom stereocenters. The lowest BCUT2D eigenvalue weighted by molar-refractivity contribution is -0.116. The van der Waals surface area contributed by atoms with Gasteiger partial charge >= 0.3 is 0 Å². The first kappa shape index (κ1) is 17.1. The molecule has 0 atom stereocenters. The van der Waals surface area contributed by atoms with E-state index in [2.05, 4.69) is 25.6 Å². The third-order valence-corrected chi connectivity index (χ3v) is 6.03. The number of rotatable bonds is 4. The number of aromatic nitrogens is 5. The van der Waals surface area contributed by atoms with E-state index < -0.39 is 0 Å². The quantitative estimate of drug-likeness (QED) is 0.714. The van der Waals surface area contributed by atoms with Crippen LogP contribution >= 0.6 is 11.3 Å². The highest BCUT2D eigenvalue weighted by molar-refractivity contribution is 7.15. The highest BCUT2D eigenvalue weighted by Crippen LogP contribution is 2.29. The summed E-state index contributed by atoms with van der Waals surface area (Å²) in [5, 5.41) is 16.2. The second kappa shape index (κ2) is 7.11. The van der Waals surface area contributed by atoms with Crippen molar-refractivity contribution in [3.05, 3.63) is 33.7 Å². The van der Waals surface area contributed by atoms with Crippen LogP contribution in [0, 0.1) is 13.8 Å². The molecule has 0 saturated carbocycles. The maximum Gasteiger partial charge on any atom is 0.226 e. The normalized spacial score (nSPS) is 14.2. The largest absolute Gasteiger partial charge is 0.302 e. The number of fused-ring (bicyclic) bond motifs is 2. The Kier molecular flexibility index (Phi) is 4.67. The first-order chi connectivity index (χ1) is 12.6. The Morgan fingerprint density at radius 2 is 2.12 bits per heavy atom. The minimum Gasteiger partial charge on any atom is -0.302 e. The van der Waals surface area contributed by atoms with Crippen LogP contribution in [0.5, 0.6) is 0 Å². The zero-order valence-corrected chi connectivity index (χ0v) is 15.9. The van der Waals surface area contributed by atoms with Crippen LogP contribution in [-0.2, 0) is 24.1 Å². The molecule has 3 aromatic rings. The summed E-state index contributed by atoms with van der Waals surface area (Å²) in [6.45, 7) is 3.96. The predicted octanol–water partition coefficient (Wildman–Crippen LogP) is 3.04. The first-order valence-electron chi connectivity index (χ1n) is 9.06. The number of amides is 1. The van der Waals surface area contributed by atoms with Gasteiger partial charge in [-0.15, -0.1) is 21.5 Å². The number of carbonyl (C=O) groups is 1. The Morgan fingerprint density at radius 3 is 3.00 bits per heavy atom. The van der Waals surface area contributed by atoms with E-state index in [1.807, 2.05) is 13.8 Å². The van der Waals surface area contributed by atoms with Crippen molar-refractivity contribution in [1.29, 1.82) is 0 Å². The molecule has 26 heavy (non-hydrogen) atoms. The lowest BCUT2D eigenvalue weighted by Gasteiger charge is -2.09. The molecule has 3 aromatic heterocycles. The van der Waals surface area contributed by atoms with Crippen molar-refractivity contribution in [2.45, 2.75) is 58.8 Å². The Hall–Kier alpha value is -2.35. The van der Waals surface area contributed by atoms with Crippen molar-refractivity contribution in [1.82, 2.24) is 24.8 Å². The Bertz CT molecular complexity index is 937. The van der Waals surface area contributed by atoms with E-state index in [4.69, 9.17) is 0 Å². The van der Waals surface area contributed by atoms with Crippen LogP contribution in [0.4, 0.5) is 5.13 Å². The van der Waals surface area contributed by atoms with Crippen molar-refractivity contribution in [3.8, 4) is 0 Å². The standard InChI is InChI=1S/C18H22N6OS/c1-11-13(12(2)23-24-10-19-22-17(11)24)8-9-16(25)21-18-20-14-6-4-3-5-7-15(14)26-18/h10H,3-9H2,1-2H3,(H,20,21,25). The van der Waals surface area contributed by atoms with Crippen LogP contribution in [0.2, 0.25) is 0 Å². The maximum atomic E-state index is 12.4. The second-order valence-electron chi connectivity index (χ2n) is 6.79. The fraction of sp³-hybridized carbons (Fsp3) is 0.500. The van der Waals surface area contributed by atoms with Gasteiger partial charge in [0.15, 0.2) is 10.8 Å². The molecule has 0 bridgehead atoms. The third kappa shape index (κ3) is 3.33. The monoisotopic (exact) mass is 370 g/mol. The zero-order valence-electron chi connectivity index (χ0n) is 15.1. The van der Waals surface area contributed by atoms with Crippen molar-refractivity contribution in [2.24, 2.45) is 0 Å². The summed E-state index contributed by atoms with van der Waals surface area (Å²) in [5.74, 6) is -0.00551. The number of hydrogen-bond acceptors (Lipinski definition) is 6. The molecule has 8 heteroatoms. The summed E-state index contributed by atoms with van der Waals surface area (Å²) in [6, 6.07) is 0. The fourth-order valence-electron chi connectivity index (χ4n) is 3.55. The lowest BCUT2D eigenvalue weighted by Crippen LogP contribution is -2.14. The van der Waals surface area contributed by atoms with Crippen molar-refractivity contribution in [3.63, 3.8) is 0 Å². The van der Waals surface area contributed by atoms with Gasteiger partial charge < -0.3 is 5.32 Å². The van der Waals surface area contributed by atoms with Gasteiger partial charge in [-0.1, -0.05) is 6.42 Å². The Balaban J connectivity index is 1.43. The minimum absolute atomic E-state index is 0.00551. The summed E-state index contributed by atoms with van der Waals surface area (Å²) >= 11 is 1.63. The minimum atomic E-state index is -0.00551. The Labute approximate surface area is 155 Å². The second-order valence-corrected chi connectivity index (χ2v) is 7.87. The van der Waals surface area contributed by atoms with E-state index in [1.54, 1.807) is 22.2 Å². The molecule has 4 rings (SSSR count). The van der Waals surface area contributed by atoms with Gasteiger partial charge in [0.2, 0.25) is 5.91 Å². The van der Waals surface area contributed by atoms with Crippen molar-refractivity contribution >= 4 is 28.0 Å². The molecule has 0 spiro atoms. The number of anilines is 1. The van der Waals surface area contributed by atoms with Crippen LogP contribution < -0.4 is 5.32 Å². The molecular formula is C18H22N6OS. The summed E-state index contributed by atoms with van der Waals surface area (Å²) < 4.78 is 1.68. The molecule has 0 aliphatic heterocycles. The smallest absolute Gasteiger partial charge is 0.226 e. The number of hydrogen-bond donors (Lipinski definition) is 1. The van der Waals surface area contributed by atoms with E-state index >= 15 is 0 Å². The van der Waals surface area contributed by atoms with Gasteiger partial charge in [0, 0.05) is 16.9 Å². The van der Waals surface area contributed by atoms with Gasteiger partial charge in [0.05, 0.1) is 11.4 Å². The molecule has 1 amide bonds. The molecule has 1 aliphatic carbocycles. The highest BCUT2D eigenvalue weighted by Gasteiger charge is 2.16. The number of carbonyl (C=O) groups excluding carboxylic acids is 1. The van der Waals surface area contributed by atoms with Crippen molar-refractivity contribution < 1.29 is 4.79 Å². The molecule has 1 aliphatic rings. The lowest BCUT2D eigenvalue weighted by atomic mass is 10.0. The van der Waals surface area contributed by atoms with Crippen molar-refractivity contribution in [2.75, 3.05) is 5.32 Å². The molecule has 0 radical (unpaired) electrons. The third-order valence-electron chi connectivity index (χ3n) is 4.96. The number of aryl methyl sites for hydroxylation is 4. The van der Waals surface area contributed by atoms with Crippen LogP contribution in [0.1, 0.15) is 53.1 Å². The summed E-state index contributed by atoms with van der Waals surface area (Å²) in [4.78, 5) is 18.4. The molecular weight excluding hydrogens is 348 g/mol. The van der Waals surface area contributed by atoms with Gasteiger partial charge in [-0.25, -0.2) is 9.50 Å². The summed E-state index contributed by atoms with van der Waals surface area (Å²) in [6.07, 6.45) is 8.44. The van der Waals surface area contributed by atoms with Crippen LogP contribution in [0.25, 0.3) is 5.65 Å². The molecule has 136 valence electrons. The van der Waals surface area contributed by atoms with E-state index in [-0.39, 0.29) is 5.91 Å². The number of nitrogens with zero attached hydrogens (tertiary/aromatic N) is 5. The van der Waals surface area contributed by atoms with E-state index in [0.717, 1.165) is 40.4 Å². The molecule has 7 nitrogen and oxygen atoms in total. The van der Waals surface area contributed by atoms with E-state index in [9.17, 15) is 4.79 Å². The molecule has 3 heterocycles. The van der Waals surface area contributed by atoms with Gasteiger partial charge in [0.25, 0.3) is 0 Å². The van der Waals surface area contributed by atoms with Crippen LogP contribution in [0.3, 0.4) is 0 Å². The topological polar surface area (TPSA) is 85.1 Å². The fourth-order valence-corrected chi connectivity index (χ4v) is 4.62. The van der Waals surface area contributed by atoms with Gasteiger partial charge in [-0.05, 0) is 51.5 Å². The van der Waals surface area contributed by atoms with Crippen LogP contribution in [0.15, 0.2) is 6.33 Å². The molecule has 0 aromatic carbocycles. The van der Waals surface area contributed by atoms with Gasteiger partial charge in [0.1, 0.15) is 6.33 Å². The number of nitrogens with one attached hydrogen (secondary N) is 1. The Morgan fingerprint density at radius 1 is 1.27 bits per heavy atom. The molecule has 1 N–H and O–H groups in total. The van der Waals surface area contributed by atoms with E-state index in [1.165, 1.54) is 29.8 Å². The SMILES string of the molecule is Cc1nn2cnnc2c(C)c1CCC(=O)Nc1nc2c(s1)CCCCC2. The summed E-state index contributed by atoms with van der Waals surface area (Å²) in [7, 11) is 0. The zero-order chi connectivity index (χ0) is 18.1. The summed E-state index contributed by atoms with van der Waals surface area (Å²) in [5.41, 5.74) is 4.92. The van der Waals surface area contributed by atoms with Gasteiger partial charge in [-0.3, -0.25) is 4.79 Å². The highest BCUT2D eigenvalue weighted by atomic mass is 32.1. The predicted molar refractivity (Wildman–Crippen MR) is 101 cm³/mol. The van der Waals surface area contributed by atoms with E-state index in [0.29, 0.717) is 12.8 Å².